The second kappa shape index (κ2) is 6.86. The number of halogens is 1. The molecule has 1 fully saturated rings. The maximum Gasteiger partial charge on any atom is 0.123 e. The molecule has 1 aromatic rings. The first kappa shape index (κ1) is 13.5. The highest BCUT2D eigenvalue weighted by Gasteiger charge is 2.16. The van der Waals surface area contributed by atoms with Crippen LogP contribution in [-0.2, 0) is 4.74 Å². The number of benzene rings is 1. The molecule has 0 bridgehead atoms. The molecular formula is C15H22FNO. The zero-order valence-electron chi connectivity index (χ0n) is 11.0. The van der Waals surface area contributed by atoms with E-state index in [1.807, 2.05) is 19.2 Å². The van der Waals surface area contributed by atoms with Gasteiger partial charge in [-0.3, -0.25) is 0 Å². The molecule has 0 amide bonds. The number of hydrogen-bond donors (Lipinski definition) is 1. The van der Waals surface area contributed by atoms with E-state index < -0.39 is 0 Å². The van der Waals surface area contributed by atoms with Gasteiger partial charge in [0, 0.05) is 12.6 Å². The first-order chi connectivity index (χ1) is 8.79. The van der Waals surface area contributed by atoms with Crippen molar-refractivity contribution in [3.05, 3.63) is 35.6 Å². The maximum absolute atomic E-state index is 12.9. The van der Waals surface area contributed by atoms with Crippen molar-refractivity contribution in [2.75, 3.05) is 13.7 Å². The van der Waals surface area contributed by atoms with Crippen molar-refractivity contribution < 1.29 is 9.13 Å². The van der Waals surface area contributed by atoms with Crippen LogP contribution in [-0.4, -0.2) is 19.8 Å². The van der Waals surface area contributed by atoms with E-state index in [0.717, 1.165) is 25.0 Å². The van der Waals surface area contributed by atoms with Gasteiger partial charge in [-0.15, -0.1) is 0 Å². The minimum Gasteiger partial charge on any atom is -0.378 e. The molecule has 0 aromatic heterocycles. The molecule has 2 unspecified atom stereocenters. The monoisotopic (exact) mass is 251 g/mol. The van der Waals surface area contributed by atoms with E-state index in [9.17, 15) is 4.39 Å². The molecule has 1 aromatic carbocycles. The predicted molar refractivity (Wildman–Crippen MR) is 71.0 cm³/mol. The number of nitrogens with one attached hydrogen (secondary N) is 1. The van der Waals surface area contributed by atoms with Gasteiger partial charge >= 0.3 is 0 Å². The lowest BCUT2D eigenvalue weighted by atomic mass is 9.97. The first-order valence-electron chi connectivity index (χ1n) is 6.84. The topological polar surface area (TPSA) is 21.3 Å². The fraction of sp³-hybridized carbons (Fsp3) is 0.600. The standard InChI is InChI=1S/C15H22FNO/c1-17-15(12-5-7-13(16)8-6-12)10-9-14-4-2-3-11-18-14/h5-8,14-15,17H,2-4,9-11H2,1H3. The van der Waals surface area contributed by atoms with Crippen molar-refractivity contribution in [2.24, 2.45) is 0 Å². The van der Waals surface area contributed by atoms with E-state index in [0.29, 0.717) is 6.10 Å². The molecule has 0 radical (unpaired) electrons. The van der Waals surface area contributed by atoms with Gasteiger partial charge in [-0.25, -0.2) is 4.39 Å². The van der Waals surface area contributed by atoms with Gasteiger partial charge in [0.25, 0.3) is 0 Å². The first-order valence-corrected chi connectivity index (χ1v) is 6.84. The van der Waals surface area contributed by atoms with Gasteiger partial charge in [0.15, 0.2) is 0 Å². The third-order valence-corrected chi connectivity index (χ3v) is 3.67. The third-order valence-electron chi connectivity index (χ3n) is 3.67. The Kier molecular flexibility index (Phi) is 5.14. The minimum atomic E-state index is -0.177. The fourth-order valence-electron chi connectivity index (χ4n) is 2.56. The summed E-state index contributed by atoms with van der Waals surface area (Å²) in [6.07, 6.45) is 6.18. The molecule has 1 N–H and O–H groups in total. The molecular weight excluding hydrogens is 229 g/mol. The summed E-state index contributed by atoms with van der Waals surface area (Å²) < 4.78 is 18.6. The SMILES string of the molecule is CNC(CCC1CCCCO1)c1ccc(F)cc1. The Balaban J connectivity index is 1.86. The summed E-state index contributed by atoms with van der Waals surface area (Å²) in [6.45, 7) is 0.908. The van der Waals surface area contributed by atoms with Gasteiger partial charge in [-0.05, 0) is 56.8 Å². The highest BCUT2D eigenvalue weighted by molar-refractivity contribution is 5.19. The van der Waals surface area contributed by atoms with Crippen LogP contribution >= 0.6 is 0 Å². The van der Waals surface area contributed by atoms with Crippen molar-refractivity contribution in [1.82, 2.24) is 5.32 Å². The lowest BCUT2D eigenvalue weighted by Gasteiger charge is -2.25. The summed E-state index contributed by atoms with van der Waals surface area (Å²) in [5, 5.41) is 3.30. The van der Waals surface area contributed by atoms with E-state index >= 15 is 0 Å². The quantitative estimate of drug-likeness (QED) is 0.865. The van der Waals surface area contributed by atoms with Gasteiger partial charge in [-0.2, -0.15) is 0 Å². The van der Waals surface area contributed by atoms with E-state index in [-0.39, 0.29) is 11.9 Å². The lowest BCUT2D eigenvalue weighted by Crippen LogP contribution is -2.23. The Hall–Kier alpha value is -0.930. The number of hydrogen-bond acceptors (Lipinski definition) is 2. The summed E-state index contributed by atoms with van der Waals surface area (Å²) in [4.78, 5) is 0. The molecule has 100 valence electrons. The van der Waals surface area contributed by atoms with Crippen molar-refractivity contribution in [3.63, 3.8) is 0 Å². The average Bonchev–Trinajstić information content (AvgIpc) is 2.42. The van der Waals surface area contributed by atoms with Crippen LogP contribution < -0.4 is 5.32 Å². The van der Waals surface area contributed by atoms with E-state index in [1.165, 1.54) is 31.4 Å². The Morgan fingerprint density at radius 1 is 1.33 bits per heavy atom. The molecule has 0 aliphatic carbocycles. The molecule has 18 heavy (non-hydrogen) atoms. The fourth-order valence-corrected chi connectivity index (χ4v) is 2.56. The van der Waals surface area contributed by atoms with E-state index in [4.69, 9.17) is 4.74 Å². The molecule has 0 spiro atoms. The van der Waals surface area contributed by atoms with E-state index in [2.05, 4.69) is 5.32 Å². The predicted octanol–water partition coefficient (Wildman–Crippen LogP) is 3.44. The molecule has 2 nitrogen and oxygen atoms in total. The highest BCUT2D eigenvalue weighted by atomic mass is 19.1. The second-order valence-electron chi connectivity index (χ2n) is 4.96. The Morgan fingerprint density at radius 3 is 2.72 bits per heavy atom. The van der Waals surface area contributed by atoms with Crippen LogP contribution in [0.4, 0.5) is 4.39 Å². The molecule has 0 saturated carbocycles. The third kappa shape index (κ3) is 3.79. The highest BCUT2D eigenvalue weighted by Crippen LogP contribution is 2.23. The van der Waals surface area contributed by atoms with Crippen molar-refractivity contribution in [1.29, 1.82) is 0 Å². The summed E-state index contributed by atoms with van der Waals surface area (Å²) in [6, 6.07) is 7.06. The zero-order chi connectivity index (χ0) is 12.8. The molecule has 1 saturated heterocycles. The van der Waals surface area contributed by atoms with Crippen LogP contribution in [0.3, 0.4) is 0 Å². The molecule has 3 heteroatoms. The van der Waals surface area contributed by atoms with Crippen LogP contribution in [0.15, 0.2) is 24.3 Å². The Labute approximate surface area is 109 Å². The second-order valence-corrected chi connectivity index (χ2v) is 4.96. The van der Waals surface area contributed by atoms with Crippen LogP contribution in [0.5, 0.6) is 0 Å². The summed E-state index contributed by atoms with van der Waals surface area (Å²) in [5.74, 6) is -0.177. The minimum absolute atomic E-state index is 0.177. The van der Waals surface area contributed by atoms with Gasteiger partial charge in [-0.1, -0.05) is 12.1 Å². The lowest BCUT2D eigenvalue weighted by molar-refractivity contribution is 0.00866. The molecule has 1 aliphatic rings. The number of ether oxygens (including phenoxy) is 1. The van der Waals surface area contributed by atoms with Gasteiger partial charge in [0.05, 0.1) is 6.10 Å². The van der Waals surface area contributed by atoms with Crippen LogP contribution in [0.1, 0.15) is 43.7 Å². The Bertz CT molecular complexity index is 346. The summed E-state index contributed by atoms with van der Waals surface area (Å²) in [7, 11) is 1.95. The van der Waals surface area contributed by atoms with Crippen molar-refractivity contribution in [2.45, 2.75) is 44.2 Å². The molecule has 2 rings (SSSR count). The average molecular weight is 251 g/mol. The smallest absolute Gasteiger partial charge is 0.123 e. The van der Waals surface area contributed by atoms with Crippen molar-refractivity contribution in [3.8, 4) is 0 Å². The Morgan fingerprint density at radius 2 is 2.11 bits per heavy atom. The number of rotatable bonds is 5. The molecule has 1 aliphatic heterocycles. The van der Waals surface area contributed by atoms with Crippen LogP contribution in [0.2, 0.25) is 0 Å². The van der Waals surface area contributed by atoms with Crippen LogP contribution in [0, 0.1) is 5.82 Å². The maximum atomic E-state index is 12.9. The van der Waals surface area contributed by atoms with Gasteiger partial charge < -0.3 is 10.1 Å². The summed E-state index contributed by atoms with van der Waals surface area (Å²) >= 11 is 0. The summed E-state index contributed by atoms with van der Waals surface area (Å²) in [5.41, 5.74) is 1.15. The van der Waals surface area contributed by atoms with Crippen molar-refractivity contribution >= 4 is 0 Å². The van der Waals surface area contributed by atoms with Gasteiger partial charge in [0.2, 0.25) is 0 Å². The molecule has 2 atom stereocenters. The van der Waals surface area contributed by atoms with E-state index in [1.54, 1.807) is 0 Å². The zero-order valence-corrected chi connectivity index (χ0v) is 11.0. The normalized spacial score (nSPS) is 21.8. The molecule has 1 heterocycles. The van der Waals surface area contributed by atoms with Crippen LogP contribution in [0.25, 0.3) is 0 Å². The largest absolute Gasteiger partial charge is 0.378 e. The van der Waals surface area contributed by atoms with Gasteiger partial charge in [0.1, 0.15) is 5.82 Å².